The van der Waals surface area contributed by atoms with Crippen LogP contribution in [0.15, 0.2) is 11.2 Å². The molecule has 18 heavy (non-hydrogen) atoms. The van der Waals surface area contributed by atoms with Crippen LogP contribution >= 0.6 is 11.8 Å². The van der Waals surface area contributed by atoms with Crippen molar-refractivity contribution < 1.29 is 4.74 Å². The van der Waals surface area contributed by atoms with Crippen molar-refractivity contribution in [3.8, 4) is 0 Å². The van der Waals surface area contributed by atoms with E-state index in [4.69, 9.17) is 10.5 Å². The fraction of sp³-hybridized carbons (Fsp3) is 0.667. The number of anilines is 2. The van der Waals surface area contributed by atoms with Gasteiger partial charge in [-0.1, -0.05) is 25.6 Å². The van der Waals surface area contributed by atoms with Crippen LogP contribution in [-0.2, 0) is 4.74 Å². The summed E-state index contributed by atoms with van der Waals surface area (Å²) in [4.78, 5) is 8.39. The molecule has 0 unspecified atom stereocenters. The highest BCUT2D eigenvalue weighted by molar-refractivity contribution is 7.98. The molecule has 1 heterocycles. The maximum atomic E-state index is 5.68. The molecule has 3 N–H and O–H groups in total. The number of hydrogen-bond donors (Lipinski definition) is 2. The second kappa shape index (κ2) is 8.16. The molecule has 0 bridgehead atoms. The van der Waals surface area contributed by atoms with Crippen LogP contribution in [0, 0.1) is 5.92 Å². The summed E-state index contributed by atoms with van der Waals surface area (Å²) in [6.45, 7) is 6.58. The van der Waals surface area contributed by atoms with E-state index in [-0.39, 0.29) is 0 Å². The minimum absolute atomic E-state index is 0.484. The topological polar surface area (TPSA) is 73.1 Å². The van der Waals surface area contributed by atoms with Gasteiger partial charge in [-0.15, -0.1) is 0 Å². The Hall–Kier alpha value is -1.01. The molecule has 6 heteroatoms. The summed E-state index contributed by atoms with van der Waals surface area (Å²) in [7, 11) is 0. The molecule has 0 spiro atoms. The lowest BCUT2D eigenvalue weighted by Gasteiger charge is -2.09. The highest BCUT2D eigenvalue weighted by atomic mass is 32.2. The van der Waals surface area contributed by atoms with Gasteiger partial charge in [0.15, 0.2) is 5.16 Å². The van der Waals surface area contributed by atoms with Crippen LogP contribution in [0.3, 0.4) is 0 Å². The Balaban J connectivity index is 2.24. The van der Waals surface area contributed by atoms with E-state index >= 15 is 0 Å². The average molecular weight is 270 g/mol. The first-order valence-corrected chi connectivity index (χ1v) is 7.34. The number of rotatable bonds is 8. The van der Waals surface area contributed by atoms with Crippen molar-refractivity contribution in [2.24, 2.45) is 5.92 Å². The Morgan fingerprint density at radius 3 is 2.83 bits per heavy atom. The smallest absolute Gasteiger partial charge is 0.191 e. The van der Waals surface area contributed by atoms with E-state index in [0.717, 1.165) is 25.4 Å². The largest absolute Gasteiger partial charge is 0.383 e. The summed E-state index contributed by atoms with van der Waals surface area (Å²) in [6, 6.07) is 1.73. The van der Waals surface area contributed by atoms with Crippen LogP contribution < -0.4 is 11.1 Å². The Labute approximate surface area is 113 Å². The van der Waals surface area contributed by atoms with E-state index in [0.29, 0.717) is 23.5 Å². The average Bonchev–Trinajstić information content (AvgIpc) is 2.32. The molecule has 0 atom stereocenters. The van der Waals surface area contributed by atoms with Crippen LogP contribution in [0.5, 0.6) is 0 Å². The molecule has 1 aromatic heterocycles. The normalized spacial score (nSPS) is 10.9. The second-order valence-electron chi connectivity index (χ2n) is 4.39. The van der Waals surface area contributed by atoms with Gasteiger partial charge in [-0.05, 0) is 18.6 Å². The quantitative estimate of drug-likeness (QED) is 0.429. The molecule has 0 amide bonds. The summed E-state index contributed by atoms with van der Waals surface area (Å²) >= 11 is 1.47. The van der Waals surface area contributed by atoms with E-state index in [1.165, 1.54) is 11.8 Å². The van der Waals surface area contributed by atoms with Gasteiger partial charge in [-0.3, -0.25) is 0 Å². The minimum Gasteiger partial charge on any atom is -0.383 e. The van der Waals surface area contributed by atoms with Gasteiger partial charge < -0.3 is 15.8 Å². The summed E-state index contributed by atoms with van der Waals surface area (Å²) < 4.78 is 5.51. The Morgan fingerprint density at radius 2 is 2.17 bits per heavy atom. The number of hydrogen-bond acceptors (Lipinski definition) is 6. The number of aromatic nitrogens is 2. The lowest BCUT2D eigenvalue weighted by Crippen LogP contribution is -2.12. The highest BCUT2D eigenvalue weighted by Crippen LogP contribution is 2.14. The molecule has 0 fully saturated rings. The van der Waals surface area contributed by atoms with Crippen molar-refractivity contribution >= 4 is 23.4 Å². The van der Waals surface area contributed by atoms with E-state index in [2.05, 4.69) is 29.1 Å². The summed E-state index contributed by atoms with van der Waals surface area (Å²) in [5.41, 5.74) is 5.68. The zero-order valence-electron chi connectivity index (χ0n) is 11.3. The molecule has 0 aromatic carbocycles. The molecule has 0 radical (unpaired) electrons. The van der Waals surface area contributed by atoms with Gasteiger partial charge in [-0.2, -0.15) is 0 Å². The van der Waals surface area contributed by atoms with Gasteiger partial charge in [0.2, 0.25) is 0 Å². The predicted molar refractivity (Wildman–Crippen MR) is 77.0 cm³/mol. The first kappa shape index (κ1) is 15.0. The van der Waals surface area contributed by atoms with Crippen molar-refractivity contribution in [1.29, 1.82) is 0 Å². The van der Waals surface area contributed by atoms with E-state index in [1.54, 1.807) is 6.07 Å². The molecule has 0 aliphatic heterocycles. The third kappa shape index (κ3) is 6.07. The lowest BCUT2D eigenvalue weighted by molar-refractivity contribution is 0.132. The zero-order valence-corrected chi connectivity index (χ0v) is 12.1. The molecule has 0 aliphatic rings. The van der Waals surface area contributed by atoms with Crippen molar-refractivity contribution in [2.45, 2.75) is 25.4 Å². The van der Waals surface area contributed by atoms with Gasteiger partial charge in [-0.25, -0.2) is 9.97 Å². The summed E-state index contributed by atoms with van der Waals surface area (Å²) in [5.74, 6) is 1.92. The standard InChI is InChI=1S/C12H22N4OS/c1-9(2)4-6-17-7-5-14-11-8-10(13)15-12(16-11)18-3/h8-9H,4-7H2,1-3H3,(H3,13,14,15,16). The number of thioether (sulfide) groups is 1. The van der Waals surface area contributed by atoms with Gasteiger partial charge in [0.05, 0.1) is 6.61 Å². The maximum Gasteiger partial charge on any atom is 0.191 e. The first-order valence-electron chi connectivity index (χ1n) is 6.12. The molecular formula is C12H22N4OS. The van der Waals surface area contributed by atoms with Gasteiger partial charge in [0.1, 0.15) is 11.6 Å². The maximum absolute atomic E-state index is 5.68. The SMILES string of the molecule is CSc1nc(N)cc(NCCOCCC(C)C)n1. The number of nitrogens with zero attached hydrogens (tertiary/aromatic N) is 2. The van der Waals surface area contributed by atoms with Crippen LogP contribution in [-0.4, -0.2) is 36.0 Å². The summed E-state index contributed by atoms with van der Waals surface area (Å²) in [6.07, 6.45) is 3.02. The van der Waals surface area contributed by atoms with Crippen LogP contribution in [0.1, 0.15) is 20.3 Å². The number of nitrogens with two attached hydrogens (primary N) is 1. The van der Waals surface area contributed by atoms with Crippen molar-refractivity contribution in [1.82, 2.24) is 9.97 Å². The highest BCUT2D eigenvalue weighted by Gasteiger charge is 2.01. The van der Waals surface area contributed by atoms with E-state index in [9.17, 15) is 0 Å². The number of nitrogen functional groups attached to an aromatic ring is 1. The molecule has 0 saturated carbocycles. The van der Waals surface area contributed by atoms with Gasteiger partial charge >= 0.3 is 0 Å². The third-order valence-electron chi connectivity index (χ3n) is 2.30. The molecule has 1 aromatic rings. The van der Waals surface area contributed by atoms with Gasteiger partial charge in [0.25, 0.3) is 0 Å². The fourth-order valence-corrected chi connectivity index (χ4v) is 1.68. The first-order chi connectivity index (χ1) is 8.61. The van der Waals surface area contributed by atoms with Crippen molar-refractivity contribution in [3.63, 3.8) is 0 Å². The van der Waals surface area contributed by atoms with Crippen molar-refractivity contribution in [3.05, 3.63) is 6.07 Å². The Morgan fingerprint density at radius 1 is 1.39 bits per heavy atom. The second-order valence-corrected chi connectivity index (χ2v) is 5.16. The predicted octanol–water partition coefficient (Wildman–Crippen LogP) is 2.26. The van der Waals surface area contributed by atoms with Crippen LogP contribution in [0.4, 0.5) is 11.6 Å². The van der Waals surface area contributed by atoms with E-state index < -0.39 is 0 Å². The lowest BCUT2D eigenvalue weighted by atomic mass is 10.1. The van der Waals surface area contributed by atoms with Gasteiger partial charge in [0, 0.05) is 19.2 Å². The van der Waals surface area contributed by atoms with Crippen LogP contribution in [0.25, 0.3) is 0 Å². The molecule has 0 aliphatic carbocycles. The molecular weight excluding hydrogens is 248 g/mol. The van der Waals surface area contributed by atoms with Crippen molar-refractivity contribution in [2.75, 3.05) is 37.1 Å². The Kier molecular flexibility index (Phi) is 6.82. The number of nitrogens with one attached hydrogen (secondary N) is 1. The number of ether oxygens (including phenoxy) is 1. The van der Waals surface area contributed by atoms with Crippen LogP contribution in [0.2, 0.25) is 0 Å². The molecule has 1 rings (SSSR count). The Bertz CT molecular complexity index is 360. The zero-order chi connectivity index (χ0) is 13.4. The molecule has 102 valence electrons. The summed E-state index contributed by atoms with van der Waals surface area (Å²) in [5, 5.41) is 3.86. The monoisotopic (exact) mass is 270 g/mol. The third-order valence-corrected chi connectivity index (χ3v) is 2.85. The molecule has 0 saturated heterocycles. The molecule has 5 nitrogen and oxygen atoms in total. The minimum atomic E-state index is 0.484. The fourth-order valence-electron chi connectivity index (χ4n) is 1.30. The van der Waals surface area contributed by atoms with E-state index in [1.807, 2.05) is 6.26 Å².